The third-order valence-electron chi connectivity index (χ3n) is 3.15. The standard InChI is InChI=1S/C12H15BNO4/c1-7(13)8-2-9(5-15)14(4-8)12-3-10(17)11(6-16)18-12/h2,4-5,10-12,16-17H,3,6H2,1H3/t10?,11-,12-/m1/s1. The van der Waals surface area contributed by atoms with Crippen LogP contribution in [-0.4, -0.2) is 52.8 Å². The number of nitrogens with zero attached hydrogens (tertiary/aromatic N) is 1. The van der Waals surface area contributed by atoms with Crippen LogP contribution in [0.4, 0.5) is 0 Å². The predicted octanol–water partition coefficient (Wildman–Crippen LogP) is -0.350. The number of aliphatic hydroxyl groups excluding tert-OH is 2. The van der Waals surface area contributed by atoms with E-state index in [1.165, 1.54) is 0 Å². The molecular formula is C12H15BNO4. The molecule has 6 heteroatoms. The van der Waals surface area contributed by atoms with Gasteiger partial charge in [-0.1, -0.05) is 0 Å². The molecule has 0 bridgehead atoms. The molecule has 1 aromatic heterocycles. The first-order chi connectivity index (χ1) is 8.56. The second kappa shape index (κ2) is 5.18. The molecule has 0 aromatic carbocycles. The summed E-state index contributed by atoms with van der Waals surface area (Å²) in [5, 5.41) is 18.7. The van der Waals surface area contributed by atoms with E-state index in [-0.39, 0.29) is 6.61 Å². The van der Waals surface area contributed by atoms with Crippen molar-refractivity contribution in [2.75, 3.05) is 6.61 Å². The van der Waals surface area contributed by atoms with Crippen molar-refractivity contribution < 1.29 is 19.7 Å². The Hall–Kier alpha value is -1.24. The number of carbonyl (C=O) groups excluding carboxylic acids is 1. The second-order valence-corrected chi connectivity index (χ2v) is 4.48. The van der Waals surface area contributed by atoms with Crippen molar-refractivity contribution in [1.29, 1.82) is 0 Å². The Morgan fingerprint density at radius 3 is 2.94 bits per heavy atom. The molecule has 5 nitrogen and oxygen atoms in total. The predicted molar refractivity (Wildman–Crippen MR) is 67.0 cm³/mol. The van der Waals surface area contributed by atoms with E-state index in [4.69, 9.17) is 17.3 Å². The first-order valence-corrected chi connectivity index (χ1v) is 5.77. The zero-order valence-corrected chi connectivity index (χ0v) is 10.1. The van der Waals surface area contributed by atoms with Crippen LogP contribution in [0.1, 0.15) is 35.6 Å². The number of ether oxygens (including phenoxy) is 1. The summed E-state index contributed by atoms with van der Waals surface area (Å²) in [6.45, 7) is 1.50. The van der Waals surface area contributed by atoms with Crippen molar-refractivity contribution in [2.45, 2.75) is 31.8 Å². The Labute approximate surface area is 106 Å². The van der Waals surface area contributed by atoms with Crippen LogP contribution in [0.15, 0.2) is 12.3 Å². The summed E-state index contributed by atoms with van der Waals surface area (Å²) in [4.78, 5) is 11.0. The van der Waals surface area contributed by atoms with Crippen LogP contribution in [0.25, 0.3) is 0 Å². The van der Waals surface area contributed by atoms with Gasteiger partial charge in [0.1, 0.15) is 0 Å². The normalized spacial score (nSPS) is 27.3. The minimum absolute atomic E-state index is 0.246. The molecule has 2 heterocycles. The van der Waals surface area contributed by atoms with Crippen molar-refractivity contribution in [3.8, 4) is 0 Å². The Bertz CT molecular complexity index is 471. The molecule has 2 rings (SSSR count). The fourth-order valence-corrected chi connectivity index (χ4v) is 2.11. The van der Waals surface area contributed by atoms with Gasteiger partial charge in [-0.25, -0.2) is 0 Å². The van der Waals surface area contributed by atoms with E-state index in [0.29, 0.717) is 23.9 Å². The first kappa shape index (κ1) is 13.2. The molecule has 0 amide bonds. The Morgan fingerprint density at radius 2 is 2.44 bits per heavy atom. The molecule has 1 aromatic rings. The van der Waals surface area contributed by atoms with Crippen LogP contribution in [0, 0.1) is 0 Å². The maximum absolute atomic E-state index is 11.0. The zero-order chi connectivity index (χ0) is 13.3. The van der Waals surface area contributed by atoms with Gasteiger partial charge in [-0.05, 0) is 0 Å². The third kappa shape index (κ3) is 2.31. The van der Waals surface area contributed by atoms with Crippen LogP contribution in [-0.2, 0) is 4.74 Å². The number of rotatable bonds is 4. The van der Waals surface area contributed by atoms with Crippen LogP contribution >= 0.6 is 0 Å². The van der Waals surface area contributed by atoms with Gasteiger partial charge in [0, 0.05) is 0 Å². The summed E-state index contributed by atoms with van der Waals surface area (Å²) in [5.41, 5.74) is 1.79. The van der Waals surface area contributed by atoms with Gasteiger partial charge < -0.3 is 0 Å². The number of carbonyl (C=O) groups is 1. The SMILES string of the molecule is [B]=C(C)c1cc(C=O)n([C@H]2CC(O)[C@@H](CO)O2)c1. The molecule has 3 atom stereocenters. The summed E-state index contributed by atoms with van der Waals surface area (Å²) in [6.07, 6.45) is 0.983. The fraction of sp³-hybridized carbons (Fsp3) is 0.500. The second-order valence-electron chi connectivity index (χ2n) is 4.48. The topological polar surface area (TPSA) is 71.7 Å². The van der Waals surface area contributed by atoms with Crippen LogP contribution < -0.4 is 0 Å². The molecule has 2 N–H and O–H groups in total. The summed E-state index contributed by atoms with van der Waals surface area (Å²) < 4.78 is 7.13. The molecule has 0 spiro atoms. The number of hydrogen-bond donors (Lipinski definition) is 2. The van der Waals surface area contributed by atoms with Gasteiger partial charge in [0.05, 0.1) is 0 Å². The summed E-state index contributed by atoms with van der Waals surface area (Å²) in [5.74, 6) is 0. The van der Waals surface area contributed by atoms with E-state index in [9.17, 15) is 9.90 Å². The Morgan fingerprint density at radius 1 is 1.72 bits per heavy atom. The third-order valence-corrected chi connectivity index (χ3v) is 3.15. The summed E-state index contributed by atoms with van der Waals surface area (Å²) in [6, 6.07) is 1.67. The van der Waals surface area contributed by atoms with E-state index in [1.807, 2.05) is 0 Å². The zero-order valence-electron chi connectivity index (χ0n) is 10.1. The molecule has 95 valence electrons. The summed E-state index contributed by atoms with van der Waals surface area (Å²) >= 11 is 0. The van der Waals surface area contributed by atoms with Gasteiger partial charge in [-0.3, -0.25) is 0 Å². The molecule has 0 saturated carbocycles. The van der Waals surface area contributed by atoms with Crippen molar-refractivity contribution in [3.63, 3.8) is 0 Å². The van der Waals surface area contributed by atoms with Gasteiger partial charge in [-0.2, -0.15) is 0 Å². The average Bonchev–Trinajstić information content (AvgIpc) is 2.91. The van der Waals surface area contributed by atoms with Gasteiger partial charge >= 0.3 is 105 Å². The number of hydrogen-bond acceptors (Lipinski definition) is 4. The molecule has 1 saturated heterocycles. The van der Waals surface area contributed by atoms with E-state index in [1.54, 1.807) is 23.8 Å². The van der Waals surface area contributed by atoms with Crippen LogP contribution in [0.5, 0.6) is 0 Å². The van der Waals surface area contributed by atoms with Crippen LogP contribution in [0.2, 0.25) is 0 Å². The van der Waals surface area contributed by atoms with Gasteiger partial charge in [-0.15, -0.1) is 0 Å². The summed E-state index contributed by atoms with van der Waals surface area (Å²) in [7, 11) is 5.69. The fourth-order valence-electron chi connectivity index (χ4n) is 2.11. The van der Waals surface area contributed by atoms with E-state index >= 15 is 0 Å². The van der Waals surface area contributed by atoms with Crippen molar-refractivity contribution >= 4 is 19.2 Å². The first-order valence-electron chi connectivity index (χ1n) is 5.77. The number of aldehydes is 1. The maximum atomic E-state index is 11.0. The molecule has 1 radical (unpaired) electrons. The van der Waals surface area contributed by atoms with Crippen molar-refractivity contribution in [3.05, 3.63) is 23.5 Å². The van der Waals surface area contributed by atoms with E-state index in [2.05, 4.69) is 0 Å². The number of aromatic nitrogens is 1. The van der Waals surface area contributed by atoms with Crippen molar-refractivity contribution in [1.82, 2.24) is 4.57 Å². The quantitative estimate of drug-likeness (QED) is 0.564. The monoisotopic (exact) mass is 248 g/mol. The molecule has 1 aliphatic rings. The molecule has 0 aliphatic carbocycles. The average molecular weight is 248 g/mol. The van der Waals surface area contributed by atoms with E-state index in [0.717, 1.165) is 5.56 Å². The molecular weight excluding hydrogens is 233 g/mol. The Kier molecular flexibility index (Phi) is 3.80. The minimum atomic E-state index is -0.728. The van der Waals surface area contributed by atoms with E-state index < -0.39 is 18.4 Å². The Balaban J connectivity index is 2.28. The molecule has 1 unspecified atom stereocenters. The van der Waals surface area contributed by atoms with Crippen molar-refractivity contribution in [2.24, 2.45) is 0 Å². The van der Waals surface area contributed by atoms with Gasteiger partial charge in [0.25, 0.3) is 0 Å². The molecule has 1 fully saturated rings. The van der Waals surface area contributed by atoms with Gasteiger partial charge in [0.2, 0.25) is 0 Å². The molecule has 1 aliphatic heterocycles. The molecule has 18 heavy (non-hydrogen) atoms. The van der Waals surface area contributed by atoms with Gasteiger partial charge in [0.15, 0.2) is 0 Å². The van der Waals surface area contributed by atoms with Crippen LogP contribution in [0.3, 0.4) is 0 Å². The number of aliphatic hydroxyl groups is 2.